The molecule has 1 rings (SSSR count). The first-order chi connectivity index (χ1) is 6.47. The van der Waals surface area contributed by atoms with Gasteiger partial charge in [0.25, 0.3) is 0 Å². The number of hydrogen-bond donors (Lipinski definition) is 0. The van der Waals surface area contributed by atoms with Gasteiger partial charge in [-0.25, -0.2) is 0 Å². The van der Waals surface area contributed by atoms with Crippen LogP contribution in [0.15, 0.2) is 10.5 Å². The van der Waals surface area contributed by atoms with Crippen LogP contribution in [0.1, 0.15) is 44.9 Å². The zero-order chi connectivity index (χ0) is 10.8. The van der Waals surface area contributed by atoms with Gasteiger partial charge in [0.15, 0.2) is 5.13 Å². The van der Waals surface area contributed by atoms with Crippen LogP contribution in [0.2, 0.25) is 0 Å². The minimum absolute atomic E-state index is 0.0872. The number of rotatable bonds is 4. The molecular formula is C11H16BrFS. The molecule has 0 atom stereocenters. The van der Waals surface area contributed by atoms with Gasteiger partial charge in [-0.15, -0.1) is 11.3 Å². The molecule has 0 aromatic carbocycles. The van der Waals surface area contributed by atoms with Gasteiger partial charge in [-0.3, -0.25) is 0 Å². The van der Waals surface area contributed by atoms with Crippen LogP contribution in [0.3, 0.4) is 0 Å². The van der Waals surface area contributed by atoms with E-state index in [9.17, 15) is 4.39 Å². The maximum Gasteiger partial charge on any atom is 0.177 e. The van der Waals surface area contributed by atoms with E-state index >= 15 is 0 Å². The average Bonchev–Trinajstić information content (AvgIpc) is 2.42. The Labute approximate surface area is 97.7 Å². The van der Waals surface area contributed by atoms with Crippen LogP contribution in [-0.2, 0) is 5.41 Å². The summed E-state index contributed by atoms with van der Waals surface area (Å²) in [6.07, 6.45) is 3.50. The zero-order valence-electron chi connectivity index (χ0n) is 8.86. The van der Waals surface area contributed by atoms with Crippen molar-refractivity contribution in [1.82, 2.24) is 0 Å². The summed E-state index contributed by atoms with van der Waals surface area (Å²) in [5.41, 5.74) is 0.0872. The van der Waals surface area contributed by atoms with Crippen molar-refractivity contribution in [2.24, 2.45) is 0 Å². The average molecular weight is 279 g/mol. The normalized spacial score (nSPS) is 12.1. The standard InChI is InChI=1S/C11H16BrFS/c1-4-5-6-11(2,3)10-8(12)7-9(13)14-10/h7H,4-6H2,1-3H3. The first kappa shape index (κ1) is 12.2. The first-order valence-electron chi connectivity index (χ1n) is 4.92. The third-order valence-corrected chi connectivity index (χ3v) is 4.60. The van der Waals surface area contributed by atoms with E-state index in [1.54, 1.807) is 6.07 Å². The van der Waals surface area contributed by atoms with Crippen LogP contribution in [0.4, 0.5) is 4.39 Å². The van der Waals surface area contributed by atoms with E-state index in [0.29, 0.717) is 0 Å². The molecule has 1 aromatic rings. The van der Waals surface area contributed by atoms with E-state index < -0.39 is 0 Å². The van der Waals surface area contributed by atoms with E-state index in [1.807, 2.05) is 0 Å². The minimum Gasteiger partial charge on any atom is -0.195 e. The topological polar surface area (TPSA) is 0 Å². The van der Waals surface area contributed by atoms with Gasteiger partial charge in [0.2, 0.25) is 0 Å². The van der Waals surface area contributed by atoms with Crippen molar-refractivity contribution in [2.45, 2.75) is 45.4 Å². The molecule has 0 nitrogen and oxygen atoms in total. The molecule has 0 amide bonds. The fraction of sp³-hybridized carbons (Fsp3) is 0.636. The first-order valence-corrected chi connectivity index (χ1v) is 6.53. The van der Waals surface area contributed by atoms with Crippen molar-refractivity contribution in [1.29, 1.82) is 0 Å². The Kier molecular flexibility index (Phi) is 4.14. The van der Waals surface area contributed by atoms with Crippen molar-refractivity contribution in [3.05, 3.63) is 20.5 Å². The highest BCUT2D eigenvalue weighted by Crippen LogP contribution is 2.39. The summed E-state index contributed by atoms with van der Waals surface area (Å²) in [5.74, 6) is 0. The molecule has 0 radical (unpaired) electrons. The summed E-state index contributed by atoms with van der Waals surface area (Å²) in [4.78, 5) is 1.13. The molecule has 0 spiro atoms. The van der Waals surface area contributed by atoms with Crippen molar-refractivity contribution < 1.29 is 4.39 Å². The highest BCUT2D eigenvalue weighted by Gasteiger charge is 2.25. The van der Waals surface area contributed by atoms with Crippen molar-refractivity contribution >= 4 is 27.3 Å². The third-order valence-electron chi connectivity index (χ3n) is 2.43. The van der Waals surface area contributed by atoms with Crippen molar-refractivity contribution in [3.63, 3.8) is 0 Å². The number of hydrogen-bond acceptors (Lipinski definition) is 1. The third kappa shape index (κ3) is 2.80. The number of thiophene rings is 1. The van der Waals surface area contributed by atoms with Gasteiger partial charge in [-0.1, -0.05) is 33.6 Å². The van der Waals surface area contributed by atoms with E-state index in [-0.39, 0.29) is 10.5 Å². The Morgan fingerprint density at radius 1 is 1.50 bits per heavy atom. The van der Waals surface area contributed by atoms with Gasteiger partial charge in [0, 0.05) is 14.8 Å². The Bertz CT molecular complexity index is 304. The quantitative estimate of drug-likeness (QED) is 0.717. The molecule has 0 saturated carbocycles. The molecule has 14 heavy (non-hydrogen) atoms. The van der Waals surface area contributed by atoms with Crippen LogP contribution in [0, 0.1) is 5.13 Å². The van der Waals surface area contributed by atoms with Gasteiger partial charge in [-0.05, 0) is 28.4 Å². The SMILES string of the molecule is CCCCC(C)(C)c1sc(F)cc1Br. The van der Waals surface area contributed by atoms with Gasteiger partial charge in [-0.2, -0.15) is 4.39 Å². The number of unbranched alkanes of at least 4 members (excludes halogenated alkanes) is 1. The molecule has 0 unspecified atom stereocenters. The van der Waals surface area contributed by atoms with Crippen molar-refractivity contribution in [2.75, 3.05) is 0 Å². The van der Waals surface area contributed by atoms with Crippen LogP contribution in [-0.4, -0.2) is 0 Å². The fourth-order valence-corrected chi connectivity index (χ4v) is 3.57. The Morgan fingerprint density at radius 2 is 2.14 bits per heavy atom. The summed E-state index contributed by atoms with van der Waals surface area (Å²) < 4.78 is 13.9. The largest absolute Gasteiger partial charge is 0.195 e. The molecule has 0 N–H and O–H groups in total. The lowest BCUT2D eigenvalue weighted by Crippen LogP contribution is -2.15. The summed E-state index contributed by atoms with van der Waals surface area (Å²) in [6.45, 7) is 6.54. The van der Waals surface area contributed by atoms with Crippen LogP contribution >= 0.6 is 27.3 Å². The second-order valence-corrected chi connectivity index (χ2v) is 6.07. The van der Waals surface area contributed by atoms with Gasteiger partial charge in [0.05, 0.1) is 0 Å². The predicted octanol–water partition coefficient (Wildman–Crippen LogP) is 5.12. The minimum atomic E-state index is -0.101. The highest BCUT2D eigenvalue weighted by atomic mass is 79.9. The molecule has 0 aliphatic heterocycles. The van der Waals surface area contributed by atoms with Crippen LogP contribution in [0.25, 0.3) is 0 Å². The molecule has 0 bridgehead atoms. The molecule has 1 heterocycles. The van der Waals surface area contributed by atoms with Crippen LogP contribution < -0.4 is 0 Å². The maximum atomic E-state index is 13.0. The van der Waals surface area contributed by atoms with E-state index in [4.69, 9.17) is 0 Å². The van der Waals surface area contributed by atoms with Gasteiger partial charge < -0.3 is 0 Å². The molecule has 80 valence electrons. The Morgan fingerprint density at radius 3 is 2.57 bits per heavy atom. The fourth-order valence-electron chi connectivity index (χ4n) is 1.53. The summed E-state index contributed by atoms with van der Waals surface area (Å²) in [6, 6.07) is 1.56. The number of halogens is 2. The molecule has 0 saturated heterocycles. The lowest BCUT2D eigenvalue weighted by atomic mass is 9.86. The summed E-state index contributed by atoms with van der Waals surface area (Å²) >= 11 is 4.67. The van der Waals surface area contributed by atoms with E-state index in [1.165, 1.54) is 24.2 Å². The molecule has 0 fully saturated rings. The molecule has 1 aromatic heterocycles. The summed E-state index contributed by atoms with van der Waals surface area (Å²) in [7, 11) is 0. The Balaban J connectivity index is 2.85. The predicted molar refractivity (Wildman–Crippen MR) is 64.5 cm³/mol. The second-order valence-electron chi connectivity index (χ2n) is 4.22. The van der Waals surface area contributed by atoms with Gasteiger partial charge >= 0.3 is 0 Å². The Hall–Kier alpha value is 0.110. The molecule has 0 aliphatic rings. The molecular weight excluding hydrogens is 263 g/mol. The lowest BCUT2D eigenvalue weighted by Gasteiger charge is -2.23. The molecule has 0 aliphatic carbocycles. The zero-order valence-corrected chi connectivity index (χ0v) is 11.3. The summed E-state index contributed by atoms with van der Waals surface area (Å²) in [5, 5.41) is -0.101. The smallest absolute Gasteiger partial charge is 0.177 e. The lowest BCUT2D eigenvalue weighted by molar-refractivity contribution is 0.464. The monoisotopic (exact) mass is 278 g/mol. The van der Waals surface area contributed by atoms with Gasteiger partial charge in [0.1, 0.15) is 0 Å². The van der Waals surface area contributed by atoms with Crippen molar-refractivity contribution in [3.8, 4) is 0 Å². The highest BCUT2D eigenvalue weighted by molar-refractivity contribution is 9.10. The molecule has 3 heteroatoms. The van der Waals surface area contributed by atoms with E-state index in [2.05, 4.69) is 36.7 Å². The maximum absolute atomic E-state index is 13.0. The second kappa shape index (κ2) is 4.75. The van der Waals surface area contributed by atoms with E-state index in [0.717, 1.165) is 15.8 Å². The van der Waals surface area contributed by atoms with Crippen LogP contribution in [0.5, 0.6) is 0 Å².